The first kappa shape index (κ1) is 12.4. The van der Waals surface area contributed by atoms with Gasteiger partial charge in [-0.25, -0.2) is 4.98 Å². The van der Waals surface area contributed by atoms with Crippen molar-refractivity contribution >= 4 is 24.3 Å². The Bertz CT molecular complexity index is 394. The molecule has 0 aliphatic heterocycles. The van der Waals surface area contributed by atoms with Gasteiger partial charge < -0.3 is 10.4 Å². The van der Waals surface area contributed by atoms with Crippen molar-refractivity contribution in [2.75, 3.05) is 11.9 Å². The lowest BCUT2D eigenvalue weighted by molar-refractivity contribution is 0.0944. The monoisotopic (exact) mass is 219 g/mol. The van der Waals surface area contributed by atoms with Gasteiger partial charge in [-0.1, -0.05) is 12.7 Å². The molecule has 0 aromatic carbocycles. The average Bonchev–Trinajstić information content (AvgIpc) is 2.24. The van der Waals surface area contributed by atoms with E-state index in [1.165, 1.54) is 0 Å². The maximum atomic E-state index is 9.61. The highest BCUT2D eigenvalue weighted by Crippen LogP contribution is 2.27. The molecule has 0 atom stereocenters. The van der Waals surface area contributed by atoms with Crippen LogP contribution in [0.15, 0.2) is 23.8 Å². The van der Waals surface area contributed by atoms with Gasteiger partial charge in [0.05, 0.1) is 5.60 Å². The van der Waals surface area contributed by atoms with E-state index >= 15 is 0 Å². The van der Waals surface area contributed by atoms with Crippen LogP contribution in [-0.4, -0.2) is 29.0 Å². The first-order chi connectivity index (χ1) is 7.48. The fourth-order valence-electron chi connectivity index (χ4n) is 1.23. The van der Waals surface area contributed by atoms with Crippen molar-refractivity contribution in [3.05, 3.63) is 24.4 Å². The lowest BCUT2D eigenvalue weighted by Crippen LogP contribution is -2.29. The highest BCUT2D eigenvalue weighted by atomic mass is 16.3. The van der Waals surface area contributed by atoms with Crippen LogP contribution in [0.3, 0.4) is 0 Å². The fourth-order valence-corrected chi connectivity index (χ4v) is 1.23. The molecule has 1 heterocycles. The maximum Gasteiger partial charge on any atom is 0.152 e. The van der Waals surface area contributed by atoms with Crippen LogP contribution in [0.5, 0.6) is 0 Å². The second-order valence-electron chi connectivity index (χ2n) is 4.13. The van der Waals surface area contributed by atoms with Crippen LogP contribution in [0.4, 0.5) is 11.5 Å². The topological polar surface area (TPSA) is 57.5 Å². The predicted molar refractivity (Wildman–Crippen MR) is 68.3 cm³/mol. The molecule has 0 bridgehead atoms. The summed E-state index contributed by atoms with van der Waals surface area (Å²) in [4.78, 5) is 8.07. The Balaban J connectivity index is 2.95. The standard InChI is InChI=1S/C12H17N3O/c1-5-9-6-7-14-11(10(9)13-4)15-8-12(2,3)16/h5-7,16H,1,4,8H2,2-3H3,(H,14,15). The molecule has 0 amide bonds. The number of anilines is 1. The molecular formula is C12H17N3O. The summed E-state index contributed by atoms with van der Waals surface area (Å²) in [5.74, 6) is 0.606. The third-order valence-corrected chi connectivity index (χ3v) is 2.02. The van der Waals surface area contributed by atoms with Crippen LogP contribution in [0, 0.1) is 0 Å². The van der Waals surface area contributed by atoms with Gasteiger partial charge in [-0.3, -0.25) is 4.99 Å². The lowest BCUT2D eigenvalue weighted by atomic mass is 10.1. The van der Waals surface area contributed by atoms with E-state index in [2.05, 4.69) is 28.6 Å². The minimum atomic E-state index is -0.801. The van der Waals surface area contributed by atoms with E-state index in [-0.39, 0.29) is 0 Å². The van der Waals surface area contributed by atoms with E-state index in [9.17, 15) is 5.11 Å². The number of pyridine rings is 1. The zero-order chi connectivity index (χ0) is 12.2. The number of rotatable bonds is 5. The zero-order valence-corrected chi connectivity index (χ0v) is 9.70. The normalized spacial score (nSPS) is 10.9. The largest absolute Gasteiger partial charge is 0.389 e. The van der Waals surface area contributed by atoms with E-state index < -0.39 is 5.60 Å². The molecule has 86 valence electrons. The van der Waals surface area contributed by atoms with Crippen molar-refractivity contribution in [3.63, 3.8) is 0 Å². The first-order valence-corrected chi connectivity index (χ1v) is 5.02. The molecular weight excluding hydrogens is 202 g/mol. The van der Waals surface area contributed by atoms with Crippen LogP contribution in [0.2, 0.25) is 0 Å². The molecule has 1 aromatic rings. The van der Waals surface area contributed by atoms with Gasteiger partial charge in [-0.2, -0.15) is 0 Å². The number of aromatic nitrogens is 1. The van der Waals surface area contributed by atoms with E-state index in [0.717, 1.165) is 5.56 Å². The molecule has 1 rings (SSSR count). The molecule has 4 nitrogen and oxygen atoms in total. The molecule has 16 heavy (non-hydrogen) atoms. The van der Waals surface area contributed by atoms with Crippen LogP contribution >= 0.6 is 0 Å². The smallest absolute Gasteiger partial charge is 0.152 e. The van der Waals surface area contributed by atoms with Gasteiger partial charge >= 0.3 is 0 Å². The summed E-state index contributed by atoms with van der Waals surface area (Å²) in [6.07, 6.45) is 3.36. The molecule has 0 spiro atoms. The Labute approximate surface area is 95.8 Å². The number of aliphatic imine (C=N–C) groups is 1. The predicted octanol–water partition coefficient (Wildman–Crippen LogP) is 2.24. The summed E-state index contributed by atoms with van der Waals surface area (Å²) in [6, 6.07) is 1.81. The molecule has 0 fully saturated rings. The third-order valence-electron chi connectivity index (χ3n) is 2.02. The number of nitrogens with zero attached hydrogens (tertiary/aromatic N) is 2. The lowest BCUT2D eigenvalue weighted by Gasteiger charge is -2.19. The van der Waals surface area contributed by atoms with Crippen molar-refractivity contribution in [2.24, 2.45) is 4.99 Å². The zero-order valence-electron chi connectivity index (χ0n) is 9.70. The van der Waals surface area contributed by atoms with Crippen molar-refractivity contribution in [3.8, 4) is 0 Å². The fraction of sp³-hybridized carbons (Fsp3) is 0.333. The molecule has 4 heteroatoms. The average molecular weight is 219 g/mol. The van der Waals surface area contributed by atoms with Gasteiger partial charge in [-0.15, -0.1) is 0 Å². The van der Waals surface area contributed by atoms with E-state index in [4.69, 9.17) is 0 Å². The van der Waals surface area contributed by atoms with Gasteiger partial charge in [0.2, 0.25) is 0 Å². The SMILES string of the molecule is C=Cc1ccnc(NCC(C)(C)O)c1N=C. The van der Waals surface area contributed by atoms with Crippen LogP contribution in [0.1, 0.15) is 19.4 Å². The Morgan fingerprint density at radius 1 is 1.62 bits per heavy atom. The van der Waals surface area contributed by atoms with Gasteiger partial charge in [0.15, 0.2) is 5.82 Å². The van der Waals surface area contributed by atoms with Crippen molar-refractivity contribution in [2.45, 2.75) is 19.4 Å². The molecule has 0 aliphatic carbocycles. The number of hydrogen-bond donors (Lipinski definition) is 2. The highest BCUT2D eigenvalue weighted by Gasteiger charge is 2.14. The second kappa shape index (κ2) is 4.90. The summed E-state index contributed by atoms with van der Waals surface area (Å²) in [5.41, 5.74) is 0.717. The van der Waals surface area contributed by atoms with Crippen molar-refractivity contribution in [1.29, 1.82) is 0 Å². The number of hydrogen-bond acceptors (Lipinski definition) is 4. The van der Waals surface area contributed by atoms with Crippen LogP contribution < -0.4 is 5.32 Å². The summed E-state index contributed by atoms with van der Waals surface area (Å²) < 4.78 is 0. The second-order valence-corrected chi connectivity index (χ2v) is 4.13. The minimum absolute atomic E-state index is 0.392. The van der Waals surface area contributed by atoms with Gasteiger partial charge in [0.25, 0.3) is 0 Å². The molecule has 0 unspecified atom stereocenters. The summed E-state index contributed by atoms with van der Waals surface area (Å²) in [7, 11) is 0. The highest BCUT2D eigenvalue weighted by molar-refractivity contribution is 5.74. The van der Waals surface area contributed by atoms with Gasteiger partial charge in [0, 0.05) is 18.3 Å². The Hall–Kier alpha value is -1.68. The Morgan fingerprint density at radius 2 is 2.31 bits per heavy atom. The Morgan fingerprint density at radius 3 is 2.81 bits per heavy atom. The van der Waals surface area contributed by atoms with E-state index in [1.54, 1.807) is 26.1 Å². The summed E-state index contributed by atoms with van der Waals surface area (Å²) in [5, 5.41) is 12.6. The summed E-state index contributed by atoms with van der Waals surface area (Å²) in [6.45, 7) is 11.0. The minimum Gasteiger partial charge on any atom is -0.389 e. The molecule has 0 saturated carbocycles. The molecule has 1 aromatic heterocycles. The molecule has 0 saturated heterocycles. The van der Waals surface area contributed by atoms with Gasteiger partial charge in [-0.05, 0) is 26.6 Å². The summed E-state index contributed by atoms with van der Waals surface area (Å²) >= 11 is 0. The molecule has 0 aliphatic rings. The first-order valence-electron chi connectivity index (χ1n) is 5.02. The molecule has 2 N–H and O–H groups in total. The quantitative estimate of drug-likeness (QED) is 0.747. The van der Waals surface area contributed by atoms with E-state index in [1.807, 2.05) is 6.07 Å². The Kier molecular flexibility index (Phi) is 3.79. The molecule has 0 radical (unpaired) electrons. The number of aliphatic hydroxyl groups is 1. The number of nitrogens with one attached hydrogen (secondary N) is 1. The maximum absolute atomic E-state index is 9.61. The van der Waals surface area contributed by atoms with Crippen LogP contribution in [-0.2, 0) is 0 Å². The van der Waals surface area contributed by atoms with Crippen molar-refractivity contribution < 1.29 is 5.11 Å². The van der Waals surface area contributed by atoms with Gasteiger partial charge in [0.1, 0.15) is 5.69 Å². The van der Waals surface area contributed by atoms with Crippen LogP contribution in [0.25, 0.3) is 6.08 Å². The third kappa shape index (κ3) is 3.17. The van der Waals surface area contributed by atoms with Crippen molar-refractivity contribution in [1.82, 2.24) is 4.98 Å². The van der Waals surface area contributed by atoms with E-state index in [0.29, 0.717) is 18.1 Å².